The number of H-pyrrole nitrogens is 1. The van der Waals surface area contributed by atoms with E-state index in [1.54, 1.807) is 31.2 Å². The fraction of sp³-hybridized carbons (Fsp3) is 0.167. The second-order valence-electron chi connectivity index (χ2n) is 5.88. The Morgan fingerprint density at radius 3 is 2.90 bits per heavy atom. The molecule has 150 valence electrons. The lowest BCUT2D eigenvalue weighted by Gasteiger charge is -2.05. The molecular weight excluding hydrogens is 401 g/mol. The summed E-state index contributed by atoms with van der Waals surface area (Å²) in [7, 11) is 0. The predicted molar refractivity (Wildman–Crippen MR) is 104 cm³/mol. The molecule has 0 unspecified atom stereocenters. The van der Waals surface area contributed by atoms with E-state index in [1.807, 2.05) is 0 Å². The molecule has 1 aromatic heterocycles. The molecule has 3 aromatic rings. The molecule has 29 heavy (non-hydrogen) atoms. The van der Waals surface area contributed by atoms with Gasteiger partial charge in [-0.25, -0.2) is 9.37 Å². The third kappa shape index (κ3) is 5.51. The number of thioether (sulfide) groups is 1. The number of aromatic amines is 1. The van der Waals surface area contributed by atoms with E-state index in [-0.39, 0.29) is 29.7 Å². The normalized spacial score (nSPS) is 10.6. The summed E-state index contributed by atoms with van der Waals surface area (Å²) < 4.78 is 18.8. The van der Waals surface area contributed by atoms with Crippen molar-refractivity contribution in [2.24, 2.45) is 0 Å². The number of anilines is 1. The highest BCUT2D eigenvalue weighted by Gasteiger charge is 2.13. The highest BCUT2D eigenvalue weighted by molar-refractivity contribution is 7.99. The van der Waals surface area contributed by atoms with Crippen molar-refractivity contribution in [1.82, 2.24) is 15.2 Å². The van der Waals surface area contributed by atoms with Crippen molar-refractivity contribution in [2.75, 3.05) is 11.1 Å². The number of halogens is 1. The van der Waals surface area contributed by atoms with Gasteiger partial charge in [0, 0.05) is 17.3 Å². The highest BCUT2D eigenvalue weighted by Crippen LogP contribution is 2.23. The molecule has 0 saturated heterocycles. The van der Waals surface area contributed by atoms with E-state index in [0.717, 1.165) is 11.8 Å². The summed E-state index contributed by atoms with van der Waals surface area (Å²) in [6.45, 7) is 1.62. The highest BCUT2D eigenvalue weighted by atomic mass is 32.2. The SMILES string of the molecule is Cc1ccc(NC(=O)CSc2n[nH]c(COc3ccccc3F)n2)cc1[N+](=O)[O-]. The predicted octanol–water partition coefficient (Wildman–Crippen LogP) is 3.47. The Bertz CT molecular complexity index is 1040. The first-order chi connectivity index (χ1) is 13.9. The number of rotatable bonds is 8. The van der Waals surface area contributed by atoms with E-state index in [9.17, 15) is 19.3 Å². The molecule has 2 aromatic carbocycles. The minimum atomic E-state index is -0.502. The average Bonchev–Trinajstić information content (AvgIpc) is 3.15. The van der Waals surface area contributed by atoms with Crippen LogP contribution >= 0.6 is 11.8 Å². The number of ether oxygens (including phenoxy) is 1. The first kappa shape index (κ1) is 20.3. The van der Waals surface area contributed by atoms with Gasteiger partial charge in [0.15, 0.2) is 17.4 Å². The molecule has 9 nitrogen and oxygen atoms in total. The van der Waals surface area contributed by atoms with E-state index < -0.39 is 10.7 Å². The first-order valence-electron chi connectivity index (χ1n) is 8.38. The number of nitro groups is 1. The molecule has 3 rings (SSSR count). The van der Waals surface area contributed by atoms with Crippen LogP contribution in [0.3, 0.4) is 0 Å². The first-order valence-corrected chi connectivity index (χ1v) is 9.37. The lowest BCUT2D eigenvalue weighted by molar-refractivity contribution is -0.385. The Hall–Kier alpha value is -3.47. The zero-order valence-corrected chi connectivity index (χ0v) is 16.0. The van der Waals surface area contributed by atoms with Crippen molar-refractivity contribution in [3.63, 3.8) is 0 Å². The maximum Gasteiger partial charge on any atom is 0.274 e. The number of amides is 1. The number of benzene rings is 2. The van der Waals surface area contributed by atoms with Gasteiger partial charge in [0.1, 0.15) is 6.61 Å². The summed E-state index contributed by atoms with van der Waals surface area (Å²) in [5.74, 6) is -0.348. The Labute approximate surface area is 168 Å². The van der Waals surface area contributed by atoms with Gasteiger partial charge in [-0.05, 0) is 25.1 Å². The van der Waals surface area contributed by atoms with Crippen molar-refractivity contribution in [3.8, 4) is 5.75 Å². The molecule has 0 aliphatic carbocycles. The Kier molecular flexibility index (Phi) is 6.39. The van der Waals surface area contributed by atoms with Gasteiger partial charge in [0.25, 0.3) is 5.69 Å². The Balaban J connectivity index is 1.50. The molecule has 0 atom stereocenters. The van der Waals surface area contributed by atoms with Crippen LogP contribution < -0.4 is 10.1 Å². The van der Waals surface area contributed by atoms with Crippen LogP contribution in [-0.4, -0.2) is 31.8 Å². The maximum absolute atomic E-state index is 13.5. The van der Waals surface area contributed by atoms with Gasteiger partial charge >= 0.3 is 0 Å². The number of carbonyl (C=O) groups excluding carboxylic acids is 1. The summed E-state index contributed by atoms with van der Waals surface area (Å²) in [6.07, 6.45) is 0. The zero-order valence-electron chi connectivity index (χ0n) is 15.2. The molecule has 2 N–H and O–H groups in total. The maximum atomic E-state index is 13.5. The van der Waals surface area contributed by atoms with Crippen molar-refractivity contribution < 1.29 is 18.8 Å². The van der Waals surface area contributed by atoms with Crippen molar-refractivity contribution in [3.05, 3.63) is 69.8 Å². The number of para-hydroxylation sites is 1. The minimum absolute atomic E-state index is 0.00623. The van der Waals surface area contributed by atoms with E-state index in [0.29, 0.717) is 22.2 Å². The summed E-state index contributed by atoms with van der Waals surface area (Å²) in [4.78, 5) is 26.7. The van der Waals surface area contributed by atoms with Crippen LogP contribution in [-0.2, 0) is 11.4 Å². The van der Waals surface area contributed by atoms with Crippen LogP contribution in [0.4, 0.5) is 15.8 Å². The second kappa shape index (κ2) is 9.15. The van der Waals surface area contributed by atoms with Crippen LogP contribution in [0.25, 0.3) is 0 Å². The molecule has 0 aliphatic heterocycles. The number of hydrogen-bond acceptors (Lipinski definition) is 7. The van der Waals surface area contributed by atoms with Crippen molar-refractivity contribution in [2.45, 2.75) is 18.7 Å². The van der Waals surface area contributed by atoms with Gasteiger partial charge in [0.05, 0.1) is 10.7 Å². The van der Waals surface area contributed by atoms with E-state index in [4.69, 9.17) is 4.74 Å². The molecule has 0 bridgehead atoms. The van der Waals surface area contributed by atoms with E-state index >= 15 is 0 Å². The Morgan fingerprint density at radius 2 is 2.14 bits per heavy atom. The fourth-order valence-corrected chi connectivity index (χ4v) is 2.94. The summed E-state index contributed by atoms with van der Waals surface area (Å²) in [5, 5.41) is 20.5. The summed E-state index contributed by atoms with van der Waals surface area (Å²) >= 11 is 1.08. The van der Waals surface area contributed by atoms with Gasteiger partial charge in [-0.2, -0.15) is 0 Å². The lowest BCUT2D eigenvalue weighted by Crippen LogP contribution is -2.14. The summed E-state index contributed by atoms with van der Waals surface area (Å²) in [5.41, 5.74) is 0.777. The van der Waals surface area contributed by atoms with Crippen LogP contribution in [0.15, 0.2) is 47.6 Å². The molecule has 0 aliphatic rings. The smallest absolute Gasteiger partial charge is 0.274 e. The zero-order chi connectivity index (χ0) is 20.8. The van der Waals surface area contributed by atoms with Crippen LogP contribution in [0.2, 0.25) is 0 Å². The number of nitro benzene ring substituents is 1. The van der Waals surface area contributed by atoms with Crippen LogP contribution in [0.1, 0.15) is 11.4 Å². The summed E-state index contributed by atoms with van der Waals surface area (Å²) in [6, 6.07) is 10.5. The van der Waals surface area contributed by atoms with Gasteiger partial charge in [-0.3, -0.25) is 20.0 Å². The van der Waals surface area contributed by atoms with Gasteiger partial charge < -0.3 is 10.1 Å². The Morgan fingerprint density at radius 1 is 1.34 bits per heavy atom. The number of aromatic nitrogens is 3. The van der Waals surface area contributed by atoms with Crippen LogP contribution in [0, 0.1) is 22.9 Å². The molecule has 0 fully saturated rings. The molecular formula is C18H16FN5O4S. The molecule has 1 amide bonds. The largest absolute Gasteiger partial charge is 0.483 e. The molecule has 11 heteroatoms. The number of carbonyl (C=O) groups is 1. The van der Waals surface area contributed by atoms with E-state index in [1.165, 1.54) is 18.2 Å². The number of aryl methyl sites for hydroxylation is 1. The van der Waals surface area contributed by atoms with Gasteiger partial charge in [-0.15, -0.1) is 5.10 Å². The number of nitrogens with zero attached hydrogens (tertiary/aromatic N) is 3. The van der Waals surface area contributed by atoms with Gasteiger partial charge in [0.2, 0.25) is 11.1 Å². The third-order valence-corrected chi connectivity index (χ3v) is 4.58. The minimum Gasteiger partial charge on any atom is -0.483 e. The third-order valence-electron chi connectivity index (χ3n) is 3.73. The molecule has 0 saturated carbocycles. The monoisotopic (exact) mass is 417 g/mol. The lowest BCUT2D eigenvalue weighted by atomic mass is 10.2. The number of nitrogens with one attached hydrogen (secondary N) is 2. The van der Waals surface area contributed by atoms with E-state index in [2.05, 4.69) is 20.5 Å². The number of hydrogen-bond donors (Lipinski definition) is 2. The second-order valence-corrected chi connectivity index (χ2v) is 6.82. The standard InChI is InChI=1S/C18H16FN5O4S/c1-11-6-7-12(8-14(11)24(26)27)20-17(25)10-29-18-21-16(22-23-18)9-28-15-5-3-2-4-13(15)19/h2-8H,9-10H2,1H3,(H,20,25)(H,21,22,23). The van der Waals surface area contributed by atoms with Crippen molar-refractivity contribution >= 4 is 29.0 Å². The van der Waals surface area contributed by atoms with Gasteiger partial charge in [-0.1, -0.05) is 30.0 Å². The quantitative estimate of drug-likeness (QED) is 0.327. The fourth-order valence-electron chi connectivity index (χ4n) is 2.33. The van der Waals surface area contributed by atoms with Crippen molar-refractivity contribution in [1.29, 1.82) is 0 Å². The average molecular weight is 417 g/mol. The topological polar surface area (TPSA) is 123 Å². The van der Waals surface area contributed by atoms with Crippen LogP contribution in [0.5, 0.6) is 5.75 Å². The molecule has 0 radical (unpaired) electrons. The molecule has 0 spiro atoms. The molecule has 1 heterocycles.